The standard InChI is InChI=1S/C27H27ClN2O4/c1-5-33-25-13-19(10-11-24(25)34-16-17(2)3)12-21-18(4)22(14-29)27(32)30(26(21)31)15-20-8-6-7-9-23(20)28/h6-13,17H,5,15-16H2,1-4H3/b21-12+. The summed E-state index contributed by atoms with van der Waals surface area (Å²) in [6.45, 7) is 8.58. The molecule has 1 aliphatic heterocycles. The molecule has 0 saturated carbocycles. The van der Waals surface area contributed by atoms with Crippen molar-refractivity contribution in [2.24, 2.45) is 5.92 Å². The van der Waals surface area contributed by atoms with Crippen LogP contribution in [0, 0.1) is 17.2 Å². The van der Waals surface area contributed by atoms with Gasteiger partial charge >= 0.3 is 0 Å². The average molecular weight is 479 g/mol. The Kier molecular flexibility index (Phi) is 8.14. The summed E-state index contributed by atoms with van der Waals surface area (Å²) in [6.07, 6.45) is 1.66. The number of nitriles is 1. The number of carbonyl (C=O) groups excluding carboxylic acids is 2. The zero-order valence-corrected chi connectivity index (χ0v) is 20.5. The van der Waals surface area contributed by atoms with Crippen molar-refractivity contribution in [3.63, 3.8) is 0 Å². The second kappa shape index (κ2) is 11.0. The van der Waals surface area contributed by atoms with E-state index in [4.69, 9.17) is 21.1 Å². The molecule has 176 valence electrons. The minimum Gasteiger partial charge on any atom is -0.490 e. The van der Waals surface area contributed by atoms with Crippen molar-refractivity contribution >= 4 is 29.5 Å². The highest BCUT2D eigenvalue weighted by atomic mass is 35.5. The van der Waals surface area contributed by atoms with Crippen LogP contribution in [0.4, 0.5) is 0 Å². The average Bonchev–Trinajstić information content (AvgIpc) is 2.80. The monoisotopic (exact) mass is 478 g/mol. The number of nitrogens with zero attached hydrogens (tertiary/aromatic N) is 2. The van der Waals surface area contributed by atoms with Crippen molar-refractivity contribution in [3.05, 3.63) is 75.3 Å². The number of halogens is 1. The van der Waals surface area contributed by atoms with Gasteiger partial charge in [0.25, 0.3) is 11.8 Å². The lowest BCUT2D eigenvalue weighted by atomic mass is 9.93. The maximum absolute atomic E-state index is 13.4. The summed E-state index contributed by atoms with van der Waals surface area (Å²) < 4.78 is 11.6. The highest BCUT2D eigenvalue weighted by molar-refractivity contribution is 6.31. The van der Waals surface area contributed by atoms with Gasteiger partial charge in [-0.25, -0.2) is 0 Å². The Balaban J connectivity index is 2.02. The summed E-state index contributed by atoms with van der Waals surface area (Å²) in [5.74, 6) is 0.420. The first-order chi connectivity index (χ1) is 16.3. The lowest BCUT2D eigenvalue weighted by molar-refractivity contribution is -0.141. The van der Waals surface area contributed by atoms with E-state index in [9.17, 15) is 14.9 Å². The molecule has 0 saturated heterocycles. The fraction of sp³-hybridized carbons (Fsp3) is 0.296. The van der Waals surface area contributed by atoms with Gasteiger partial charge in [0.1, 0.15) is 11.6 Å². The minimum atomic E-state index is -0.630. The first-order valence-electron chi connectivity index (χ1n) is 11.1. The lowest BCUT2D eigenvalue weighted by Gasteiger charge is -2.28. The second-order valence-electron chi connectivity index (χ2n) is 8.30. The van der Waals surface area contributed by atoms with Crippen molar-refractivity contribution < 1.29 is 19.1 Å². The van der Waals surface area contributed by atoms with Crippen LogP contribution in [0.3, 0.4) is 0 Å². The Hall–Kier alpha value is -3.56. The summed E-state index contributed by atoms with van der Waals surface area (Å²) in [7, 11) is 0. The van der Waals surface area contributed by atoms with E-state index in [1.807, 2.05) is 19.1 Å². The highest BCUT2D eigenvalue weighted by Gasteiger charge is 2.35. The Morgan fingerprint density at radius 1 is 1.09 bits per heavy atom. The molecule has 0 spiro atoms. The van der Waals surface area contributed by atoms with Crippen molar-refractivity contribution in [1.82, 2.24) is 4.90 Å². The second-order valence-corrected chi connectivity index (χ2v) is 8.71. The zero-order chi connectivity index (χ0) is 24.8. The van der Waals surface area contributed by atoms with E-state index in [0.29, 0.717) is 52.4 Å². The van der Waals surface area contributed by atoms with Gasteiger partial charge in [-0.15, -0.1) is 0 Å². The van der Waals surface area contributed by atoms with Gasteiger partial charge in [-0.2, -0.15) is 5.26 Å². The van der Waals surface area contributed by atoms with E-state index in [-0.39, 0.29) is 17.7 Å². The van der Waals surface area contributed by atoms with Gasteiger partial charge in [0.05, 0.1) is 19.8 Å². The molecule has 1 aliphatic rings. The van der Waals surface area contributed by atoms with E-state index in [1.165, 1.54) is 0 Å². The fourth-order valence-corrected chi connectivity index (χ4v) is 3.69. The predicted octanol–water partition coefficient (Wildman–Crippen LogP) is 5.57. The number of hydrogen-bond acceptors (Lipinski definition) is 5. The normalized spacial score (nSPS) is 15.2. The summed E-state index contributed by atoms with van der Waals surface area (Å²) >= 11 is 6.24. The molecular weight excluding hydrogens is 452 g/mol. The Bertz CT molecular complexity index is 1210. The summed E-state index contributed by atoms with van der Waals surface area (Å²) in [5.41, 5.74) is 1.84. The third kappa shape index (κ3) is 5.49. The van der Waals surface area contributed by atoms with Crippen LogP contribution < -0.4 is 9.47 Å². The molecular formula is C27H27ClN2O4. The van der Waals surface area contributed by atoms with E-state index in [0.717, 1.165) is 4.90 Å². The van der Waals surface area contributed by atoms with E-state index >= 15 is 0 Å². The molecule has 2 aromatic rings. The van der Waals surface area contributed by atoms with Crippen LogP contribution in [-0.4, -0.2) is 29.9 Å². The number of amides is 2. The topological polar surface area (TPSA) is 79.6 Å². The van der Waals surface area contributed by atoms with Crippen molar-refractivity contribution in [2.45, 2.75) is 34.2 Å². The number of hydrogen-bond donors (Lipinski definition) is 0. The van der Waals surface area contributed by atoms with E-state index in [2.05, 4.69) is 13.8 Å². The van der Waals surface area contributed by atoms with Crippen LogP contribution in [0.15, 0.2) is 59.2 Å². The Labute approximate surface area is 205 Å². The van der Waals surface area contributed by atoms with Gasteiger partial charge in [-0.1, -0.05) is 49.7 Å². The van der Waals surface area contributed by atoms with Crippen LogP contribution in [-0.2, 0) is 16.1 Å². The van der Waals surface area contributed by atoms with Crippen LogP contribution in [0.5, 0.6) is 11.5 Å². The van der Waals surface area contributed by atoms with Gasteiger partial charge in [0.15, 0.2) is 11.5 Å². The number of rotatable bonds is 8. The van der Waals surface area contributed by atoms with Crippen LogP contribution in [0.2, 0.25) is 5.02 Å². The molecule has 0 aromatic heterocycles. The van der Waals surface area contributed by atoms with Crippen molar-refractivity contribution in [3.8, 4) is 17.6 Å². The summed E-state index contributed by atoms with van der Waals surface area (Å²) in [5, 5.41) is 10.1. The molecule has 3 rings (SSSR count). The largest absolute Gasteiger partial charge is 0.490 e. The Morgan fingerprint density at radius 3 is 2.47 bits per heavy atom. The molecule has 34 heavy (non-hydrogen) atoms. The smallest absolute Gasteiger partial charge is 0.271 e. The highest BCUT2D eigenvalue weighted by Crippen LogP contribution is 2.33. The molecule has 0 fully saturated rings. The Morgan fingerprint density at radius 2 is 1.82 bits per heavy atom. The zero-order valence-electron chi connectivity index (χ0n) is 19.7. The fourth-order valence-electron chi connectivity index (χ4n) is 3.50. The molecule has 0 atom stereocenters. The molecule has 2 amide bonds. The molecule has 1 heterocycles. The van der Waals surface area contributed by atoms with Crippen LogP contribution in [0.1, 0.15) is 38.8 Å². The first-order valence-corrected chi connectivity index (χ1v) is 11.5. The molecule has 7 heteroatoms. The first kappa shape index (κ1) is 25.1. The SMILES string of the molecule is CCOc1cc(/C=C2/C(=O)N(Cc3ccccc3Cl)C(=O)C(C#N)=C2C)ccc1OCC(C)C. The number of carbonyl (C=O) groups is 2. The number of ether oxygens (including phenoxy) is 2. The maximum Gasteiger partial charge on any atom is 0.271 e. The summed E-state index contributed by atoms with van der Waals surface area (Å²) in [6, 6.07) is 14.3. The molecule has 0 unspecified atom stereocenters. The van der Waals surface area contributed by atoms with E-state index < -0.39 is 11.8 Å². The molecule has 6 nitrogen and oxygen atoms in total. The maximum atomic E-state index is 13.4. The van der Waals surface area contributed by atoms with Gasteiger partial charge in [0, 0.05) is 10.6 Å². The van der Waals surface area contributed by atoms with Gasteiger partial charge in [-0.05, 0) is 60.7 Å². The number of benzene rings is 2. The van der Waals surface area contributed by atoms with Gasteiger partial charge < -0.3 is 9.47 Å². The molecule has 2 aromatic carbocycles. The van der Waals surface area contributed by atoms with Crippen molar-refractivity contribution in [1.29, 1.82) is 5.26 Å². The lowest BCUT2D eigenvalue weighted by Crippen LogP contribution is -2.42. The van der Waals surface area contributed by atoms with Crippen LogP contribution >= 0.6 is 11.6 Å². The van der Waals surface area contributed by atoms with Gasteiger partial charge in [-0.3, -0.25) is 14.5 Å². The molecule has 0 N–H and O–H groups in total. The molecule has 0 radical (unpaired) electrons. The minimum absolute atomic E-state index is 0.0285. The van der Waals surface area contributed by atoms with Crippen LogP contribution in [0.25, 0.3) is 6.08 Å². The molecule has 0 aliphatic carbocycles. The van der Waals surface area contributed by atoms with Gasteiger partial charge in [0.2, 0.25) is 0 Å². The summed E-state index contributed by atoms with van der Waals surface area (Å²) in [4.78, 5) is 27.4. The third-order valence-electron chi connectivity index (χ3n) is 5.26. The molecule has 0 bridgehead atoms. The quantitative estimate of drug-likeness (QED) is 0.366. The van der Waals surface area contributed by atoms with Crippen molar-refractivity contribution in [2.75, 3.05) is 13.2 Å². The van der Waals surface area contributed by atoms with E-state index in [1.54, 1.807) is 49.4 Å². The third-order valence-corrected chi connectivity index (χ3v) is 5.63. The predicted molar refractivity (Wildman–Crippen MR) is 131 cm³/mol. The number of imide groups is 1.